The number of thiazole rings is 1. The van der Waals surface area contributed by atoms with Crippen LogP contribution in [-0.2, 0) is 6.42 Å². The zero-order chi connectivity index (χ0) is 19.9. The molecule has 8 heteroatoms. The molecule has 0 spiro atoms. The Morgan fingerprint density at radius 2 is 1.93 bits per heavy atom. The average molecular weight is 401 g/mol. The molecule has 0 atom stereocenters. The number of hydrogen-bond donors (Lipinski definition) is 2. The number of rotatable bonds is 8. The Hall–Kier alpha value is -3.13. The highest BCUT2D eigenvalue weighted by Crippen LogP contribution is 2.32. The number of carbonyl (C=O) groups is 1. The quantitative estimate of drug-likeness (QED) is 0.597. The van der Waals surface area contributed by atoms with E-state index in [9.17, 15) is 9.18 Å². The molecule has 3 aromatic rings. The molecular weight excluding hydrogens is 381 g/mol. The number of nitrogens with zero attached hydrogens (tertiary/aromatic N) is 1. The van der Waals surface area contributed by atoms with Crippen molar-refractivity contribution >= 4 is 28.1 Å². The second-order valence-electron chi connectivity index (χ2n) is 5.86. The lowest BCUT2D eigenvalue weighted by molar-refractivity contribution is 0.0950. The number of hydrogen-bond acceptors (Lipinski definition) is 6. The highest BCUT2D eigenvalue weighted by atomic mass is 32.1. The van der Waals surface area contributed by atoms with E-state index >= 15 is 0 Å². The van der Waals surface area contributed by atoms with Crippen molar-refractivity contribution in [3.05, 3.63) is 64.9 Å². The van der Waals surface area contributed by atoms with E-state index < -0.39 is 0 Å². The highest BCUT2D eigenvalue weighted by molar-refractivity contribution is 7.14. The number of anilines is 2. The summed E-state index contributed by atoms with van der Waals surface area (Å²) in [7, 11) is 3.16. The summed E-state index contributed by atoms with van der Waals surface area (Å²) in [5.41, 5.74) is 2.01. The molecule has 6 nitrogen and oxygen atoms in total. The van der Waals surface area contributed by atoms with Crippen LogP contribution in [0, 0.1) is 5.82 Å². The number of halogens is 1. The van der Waals surface area contributed by atoms with Gasteiger partial charge in [0.2, 0.25) is 0 Å². The lowest BCUT2D eigenvalue weighted by atomic mass is 10.1. The first kappa shape index (κ1) is 19.6. The molecule has 1 amide bonds. The Morgan fingerprint density at radius 3 is 2.64 bits per heavy atom. The van der Waals surface area contributed by atoms with Gasteiger partial charge in [-0.2, -0.15) is 0 Å². The molecule has 0 aliphatic heterocycles. The lowest BCUT2D eigenvalue weighted by Crippen LogP contribution is -2.25. The van der Waals surface area contributed by atoms with Gasteiger partial charge in [-0.15, -0.1) is 11.3 Å². The molecule has 1 heterocycles. The van der Waals surface area contributed by atoms with Gasteiger partial charge in [0.1, 0.15) is 23.0 Å². The summed E-state index contributed by atoms with van der Waals surface area (Å²) in [6.45, 7) is 0.442. The van der Waals surface area contributed by atoms with Crippen LogP contribution in [0.3, 0.4) is 0 Å². The van der Waals surface area contributed by atoms with Crippen LogP contribution in [0.25, 0.3) is 0 Å². The number of amides is 1. The summed E-state index contributed by atoms with van der Waals surface area (Å²) in [4.78, 5) is 16.6. The zero-order valence-electron chi connectivity index (χ0n) is 15.5. The van der Waals surface area contributed by atoms with Crippen molar-refractivity contribution in [3.8, 4) is 11.5 Å². The van der Waals surface area contributed by atoms with Crippen molar-refractivity contribution in [1.29, 1.82) is 0 Å². The second kappa shape index (κ2) is 9.18. The maximum absolute atomic E-state index is 12.9. The van der Waals surface area contributed by atoms with Crippen LogP contribution in [0.4, 0.5) is 15.2 Å². The largest absolute Gasteiger partial charge is 0.497 e. The average Bonchev–Trinajstić information content (AvgIpc) is 3.18. The second-order valence-corrected chi connectivity index (χ2v) is 6.72. The molecule has 2 aromatic carbocycles. The molecule has 0 saturated carbocycles. The number of methoxy groups -OCH3 is 2. The first-order valence-electron chi connectivity index (χ1n) is 8.56. The van der Waals surface area contributed by atoms with Crippen LogP contribution in [0.5, 0.6) is 11.5 Å². The van der Waals surface area contributed by atoms with Crippen LogP contribution in [-0.4, -0.2) is 31.7 Å². The van der Waals surface area contributed by atoms with Gasteiger partial charge in [0.05, 0.1) is 19.9 Å². The van der Waals surface area contributed by atoms with E-state index in [4.69, 9.17) is 9.47 Å². The van der Waals surface area contributed by atoms with Crippen molar-refractivity contribution in [2.45, 2.75) is 6.42 Å². The van der Waals surface area contributed by atoms with Crippen LogP contribution < -0.4 is 20.1 Å². The topological polar surface area (TPSA) is 72.5 Å². The molecule has 0 saturated heterocycles. The van der Waals surface area contributed by atoms with E-state index in [0.29, 0.717) is 35.3 Å². The summed E-state index contributed by atoms with van der Waals surface area (Å²) in [5.74, 6) is 0.763. The number of aromatic nitrogens is 1. The molecule has 0 bridgehead atoms. The lowest BCUT2D eigenvalue weighted by Gasteiger charge is -2.10. The van der Waals surface area contributed by atoms with Gasteiger partial charge in [0.25, 0.3) is 5.91 Å². The van der Waals surface area contributed by atoms with E-state index in [0.717, 1.165) is 11.3 Å². The predicted molar refractivity (Wildman–Crippen MR) is 107 cm³/mol. The van der Waals surface area contributed by atoms with E-state index in [1.807, 2.05) is 12.1 Å². The summed E-state index contributed by atoms with van der Waals surface area (Å²) in [6.07, 6.45) is 0.615. The normalized spacial score (nSPS) is 10.4. The van der Waals surface area contributed by atoms with Gasteiger partial charge < -0.3 is 20.1 Å². The first-order valence-corrected chi connectivity index (χ1v) is 9.44. The van der Waals surface area contributed by atoms with Gasteiger partial charge in [-0.1, -0.05) is 12.1 Å². The van der Waals surface area contributed by atoms with Gasteiger partial charge >= 0.3 is 0 Å². The van der Waals surface area contributed by atoms with E-state index in [1.165, 1.54) is 23.5 Å². The molecule has 0 aliphatic carbocycles. The fourth-order valence-electron chi connectivity index (χ4n) is 2.51. The minimum Gasteiger partial charge on any atom is -0.497 e. The van der Waals surface area contributed by atoms with Gasteiger partial charge in [-0.25, -0.2) is 9.37 Å². The van der Waals surface area contributed by atoms with Crippen molar-refractivity contribution in [1.82, 2.24) is 10.3 Å². The zero-order valence-corrected chi connectivity index (χ0v) is 16.3. The van der Waals surface area contributed by atoms with Crippen molar-refractivity contribution in [2.24, 2.45) is 0 Å². The third kappa shape index (κ3) is 4.98. The van der Waals surface area contributed by atoms with Crippen LogP contribution in [0.2, 0.25) is 0 Å². The molecular formula is C20H20FN3O3S. The molecule has 2 N–H and O–H groups in total. The standard InChI is InChI=1S/C20H20FN3O3S/c1-26-15-7-8-16(18(11-15)27-2)23-20-24-17(12-28-20)19(25)22-10-9-13-3-5-14(21)6-4-13/h3-8,11-12H,9-10H2,1-2H3,(H,22,25)(H,23,24). The van der Waals surface area contributed by atoms with Gasteiger partial charge in [0.15, 0.2) is 5.13 Å². The van der Waals surface area contributed by atoms with E-state index in [2.05, 4.69) is 15.6 Å². The minimum absolute atomic E-state index is 0.256. The highest BCUT2D eigenvalue weighted by Gasteiger charge is 2.12. The Labute approximate surface area is 166 Å². The Kier molecular flexibility index (Phi) is 6.44. The summed E-state index contributed by atoms with van der Waals surface area (Å²) >= 11 is 1.32. The van der Waals surface area contributed by atoms with Crippen molar-refractivity contribution in [3.63, 3.8) is 0 Å². The Balaban J connectivity index is 1.57. The molecule has 146 valence electrons. The fraction of sp³-hybridized carbons (Fsp3) is 0.200. The third-order valence-corrected chi connectivity index (χ3v) is 4.76. The maximum atomic E-state index is 12.9. The van der Waals surface area contributed by atoms with Crippen LogP contribution >= 0.6 is 11.3 Å². The number of benzene rings is 2. The molecule has 0 aliphatic rings. The third-order valence-electron chi connectivity index (χ3n) is 4.00. The van der Waals surface area contributed by atoms with Gasteiger partial charge in [0, 0.05) is 18.0 Å². The van der Waals surface area contributed by atoms with Crippen LogP contribution in [0.1, 0.15) is 16.1 Å². The number of ether oxygens (including phenoxy) is 2. The van der Waals surface area contributed by atoms with Crippen LogP contribution in [0.15, 0.2) is 47.8 Å². The van der Waals surface area contributed by atoms with E-state index in [1.54, 1.807) is 37.8 Å². The monoisotopic (exact) mass is 401 g/mol. The maximum Gasteiger partial charge on any atom is 0.270 e. The molecule has 28 heavy (non-hydrogen) atoms. The summed E-state index contributed by atoms with van der Waals surface area (Å²) in [6, 6.07) is 11.6. The molecule has 0 unspecified atom stereocenters. The van der Waals surface area contributed by atoms with Crippen molar-refractivity contribution < 1.29 is 18.7 Å². The molecule has 3 rings (SSSR count). The Bertz CT molecular complexity index is 944. The predicted octanol–water partition coefficient (Wildman–Crippen LogP) is 4.02. The van der Waals surface area contributed by atoms with E-state index in [-0.39, 0.29) is 11.7 Å². The first-order chi connectivity index (χ1) is 13.6. The molecule has 0 fully saturated rings. The molecule has 1 aromatic heterocycles. The number of carbonyl (C=O) groups excluding carboxylic acids is 1. The van der Waals surface area contributed by atoms with Gasteiger partial charge in [-0.3, -0.25) is 4.79 Å². The minimum atomic E-state index is -0.274. The number of nitrogens with one attached hydrogen (secondary N) is 2. The summed E-state index contributed by atoms with van der Waals surface area (Å²) in [5, 5.41) is 8.23. The smallest absolute Gasteiger partial charge is 0.270 e. The summed E-state index contributed by atoms with van der Waals surface area (Å²) < 4.78 is 23.4. The fourth-order valence-corrected chi connectivity index (χ4v) is 3.22. The van der Waals surface area contributed by atoms with Crippen molar-refractivity contribution in [2.75, 3.05) is 26.1 Å². The molecule has 0 radical (unpaired) electrons. The Morgan fingerprint density at radius 1 is 1.14 bits per heavy atom. The van der Waals surface area contributed by atoms with Gasteiger partial charge in [-0.05, 0) is 36.2 Å². The SMILES string of the molecule is COc1ccc(Nc2nc(C(=O)NCCc3ccc(F)cc3)cs2)c(OC)c1.